The number of rotatable bonds is 6. The molecule has 0 atom stereocenters. The Kier molecular flexibility index (Phi) is 6.20. The van der Waals surface area contributed by atoms with Crippen LogP contribution in [0.1, 0.15) is 29.3 Å². The maximum atomic E-state index is 12.4. The van der Waals surface area contributed by atoms with Crippen molar-refractivity contribution in [3.05, 3.63) is 76.6 Å². The summed E-state index contributed by atoms with van der Waals surface area (Å²) >= 11 is 3.04. The molecular formula is C23H23N5OS2. The Morgan fingerprint density at radius 1 is 1.10 bits per heavy atom. The third kappa shape index (κ3) is 4.55. The normalized spacial score (nSPS) is 11.0. The molecule has 2 aromatic heterocycles. The Labute approximate surface area is 190 Å². The van der Waals surface area contributed by atoms with E-state index in [9.17, 15) is 4.79 Å². The minimum absolute atomic E-state index is 0.0592. The van der Waals surface area contributed by atoms with Gasteiger partial charge in [0.25, 0.3) is 0 Å². The lowest BCUT2D eigenvalue weighted by Crippen LogP contribution is -2.22. The van der Waals surface area contributed by atoms with Crippen LogP contribution in [0.4, 0.5) is 10.8 Å². The molecule has 0 aliphatic heterocycles. The second kappa shape index (κ2) is 9.03. The van der Waals surface area contributed by atoms with Crippen molar-refractivity contribution in [2.75, 3.05) is 4.90 Å². The van der Waals surface area contributed by atoms with E-state index in [1.807, 2.05) is 47.2 Å². The number of hydrogen-bond acceptors (Lipinski definition) is 6. The number of benzene rings is 2. The van der Waals surface area contributed by atoms with Crippen LogP contribution in [-0.2, 0) is 10.5 Å². The number of nitrogens with zero attached hydrogens (tertiary/aromatic N) is 5. The molecule has 31 heavy (non-hydrogen) atoms. The van der Waals surface area contributed by atoms with Crippen LogP contribution in [0.2, 0.25) is 0 Å². The Morgan fingerprint density at radius 2 is 1.90 bits per heavy atom. The fourth-order valence-corrected chi connectivity index (χ4v) is 5.02. The lowest BCUT2D eigenvalue weighted by atomic mass is 10.1. The second-order valence-electron chi connectivity index (χ2n) is 7.30. The molecule has 8 heteroatoms. The molecule has 4 rings (SSSR count). The van der Waals surface area contributed by atoms with Gasteiger partial charge in [0.05, 0.1) is 17.1 Å². The highest BCUT2D eigenvalue weighted by Gasteiger charge is 2.19. The molecule has 0 aliphatic rings. The summed E-state index contributed by atoms with van der Waals surface area (Å²) in [4.78, 5) is 18.8. The summed E-state index contributed by atoms with van der Waals surface area (Å²) in [5, 5.41) is 11.8. The lowest BCUT2D eigenvalue weighted by Gasteiger charge is -2.19. The Morgan fingerprint density at radius 3 is 2.65 bits per heavy atom. The largest absolute Gasteiger partial charge is 0.276 e. The summed E-state index contributed by atoms with van der Waals surface area (Å²) in [6, 6.07) is 14.2. The maximum Gasteiger partial charge on any atom is 0.230 e. The maximum absolute atomic E-state index is 12.4. The summed E-state index contributed by atoms with van der Waals surface area (Å²) in [6.07, 6.45) is 1.73. The average molecular weight is 450 g/mol. The van der Waals surface area contributed by atoms with Gasteiger partial charge in [0.2, 0.25) is 5.91 Å². The monoisotopic (exact) mass is 449 g/mol. The number of amides is 1. The molecule has 0 spiro atoms. The van der Waals surface area contributed by atoms with Crippen molar-refractivity contribution in [1.29, 1.82) is 0 Å². The molecule has 0 unspecified atom stereocenters. The van der Waals surface area contributed by atoms with E-state index in [1.54, 1.807) is 29.9 Å². The van der Waals surface area contributed by atoms with Crippen molar-refractivity contribution < 1.29 is 4.79 Å². The Bertz CT molecular complexity index is 1230. The number of aromatic nitrogens is 4. The lowest BCUT2D eigenvalue weighted by molar-refractivity contribution is -0.115. The van der Waals surface area contributed by atoms with Crippen molar-refractivity contribution in [2.45, 2.75) is 38.6 Å². The number of carbonyl (C=O) groups excluding carboxylic acids is 1. The van der Waals surface area contributed by atoms with Crippen molar-refractivity contribution in [3.63, 3.8) is 0 Å². The van der Waals surface area contributed by atoms with Crippen molar-refractivity contribution in [2.24, 2.45) is 0 Å². The van der Waals surface area contributed by atoms with Gasteiger partial charge in [-0.05, 0) is 55.7 Å². The van der Waals surface area contributed by atoms with E-state index >= 15 is 0 Å². The van der Waals surface area contributed by atoms with E-state index in [0.29, 0.717) is 10.9 Å². The first kappa shape index (κ1) is 21.3. The summed E-state index contributed by atoms with van der Waals surface area (Å²) in [6.45, 7) is 7.74. The summed E-state index contributed by atoms with van der Waals surface area (Å²) < 4.78 is 1.99. The van der Waals surface area contributed by atoms with Crippen molar-refractivity contribution in [1.82, 2.24) is 19.7 Å². The van der Waals surface area contributed by atoms with Crippen molar-refractivity contribution >= 4 is 39.8 Å². The summed E-state index contributed by atoms with van der Waals surface area (Å²) in [5.41, 5.74) is 6.30. The fourth-order valence-electron chi connectivity index (χ4n) is 3.22. The average Bonchev–Trinajstić information content (AvgIpc) is 3.39. The van der Waals surface area contributed by atoms with Gasteiger partial charge in [-0.15, -0.1) is 21.5 Å². The summed E-state index contributed by atoms with van der Waals surface area (Å²) in [7, 11) is 0. The van der Waals surface area contributed by atoms with E-state index < -0.39 is 0 Å². The van der Waals surface area contributed by atoms with E-state index in [-0.39, 0.29) is 5.91 Å². The standard InChI is InChI=1S/C23H23N5OS2/c1-15-9-10-20(11-17(15)3)28(18(4)29)22-25-19(12-30-22)13-31-23-26-24-14-27(23)21-8-6-5-7-16(21)2/h5-12,14H,13H2,1-4H3. The highest BCUT2D eigenvalue weighted by Crippen LogP contribution is 2.32. The molecule has 2 heterocycles. The Hall–Kier alpha value is -2.97. The van der Waals surface area contributed by atoms with Gasteiger partial charge in [0, 0.05) is 18.1 Å². The highest BCUT2D eigenvalue weighted by molar-refractivity contribution is 7.98. The Balaban J connectivity index is 1.53. The minimum Gasteiger partial charge on any atom is -0.276 e. The van der Waals surface area contributed by atoms with Gasteiger partial charge in [-0.25, -0.2) is 4.98 Å². The van der Waals surface area contributed by atoms with Gasteiger partial charge >= 0.3 is 0 Å². The van der Waals surface area contributed by atoms with Crippen LogP contribution in [0, 0.1) is 20.8 Å². The molecule has 1 amide bonds. The van der Waals surface area contributed by atoms with E-state index in [0.717, 1.165) is 33.4 Å². The third-order valence-corrected chi connectivity index (χ3v) is 6.89. The third-order valence-electron chi connectivity index (χ3n) is 5.04. The molecule has 0 saturated heterocycles. The van der Waals surface area contributed by atoms with Crippen molar-refractivity contribution in [3.8, 4) is 5.69 Å². The van der Waals surface area contributed by atoms with Crippen LogP contribution < -0.4 is 4.90 Å². The zero-order chi connectivity index (χ0) is 22.0. The quantitative estimate of drug-likeness (QED) is 0.357. The van der Waals surface area contributed by atoms with Crippen LogP contribution in [0.25, 0.3) is 5.69 Å². The SMILES string of the molecule is CC(=O)N(c1ccc(C)c(C)c1)c1nc(CSc2nncn2-c2ccccc2C)cs1. The predicted octanol–water partition coefficient (Wildman–Crippen LogP) is 5.63. The van der Waals surface area contributed by atoms with E-state index in [1.165, 1.54) is 16.9 Å². The minimum atomic E-state index is -0.0592. The molecule has 0 fully saturated rings. The first-order chi connectivity index (χ1) is 14.9. The molecule has 2 aromatic carbocycles. The van der Waals surface area contributed by atoms with Gasteiger partial charge in [-0.2, -0.15) is 0 Å². The smallest absolute Gasteiger partial charge is 0.230 e. The number of thiazole rings is 1. The van der Waals surface area contributed by atoms with Crippen LogP contribution in [-0.4, -0.2) is 25.7 Å². The number of thioether (sulfide) groups is 1. The molecular weight excluding hydrogens is 426 g/mol. The summed E-state index contributed by atoms with van der Waals surface area (Å²) in [5.74, 6) is 0.579. The number of aryl methyl sites for hydroxylation is 3. The molecule has 0 saturated carbocycles. The van der Waals surface area contributed by atoms with E-state index in [2.05, 4.69) is 36.2 Å². The first-order valence-electron chi connectivity index (χ1n) is 9.85. The van der Waals surface area contributed by atoms with Crippen LogP contribution in [0.15, 0.2) is 59.3 Å². The highest BCUT2D eigenvalue weighted by atomic mass is 32.2. The van der Waals surface area contributed by atoms with Gasteiger partial charge < -0.3 is 0 Å². The zero-order valence-corrected chi connectivity index (χ0v) is 19.5. The molecule has 0 N–H and O–H groups in total. The van der Waals surface area contributed by atoms with Gasteiger partial charge in [0.1, 0.15) is 6.33 Å². The molecule has 0 bridgehead atoms. The van der Waals surface area contributed by atoms with Gasteiger partial charge in [-0.3, -0.25) is 14.3 Å². The molecule has 0 aliphatic carbocycles. The molecule has 158 valence electrons. The van der Waals surface area contributed by atoms with Crippen LogP contribution in [0.3, 0.4) is 0 Å². The van der Waals surface area contributed by atoms with Crippen LogP contribution >= 0.6 is 23.1 Å². The first-order valence-corrected chi connectivity index (χ1v) is 11.7. The number of anilines is 2. The molecule has 6 nitrogen and oxygen atoms in total. The molecule has 0 radical (unpaired) electrons. The fraction of sp³-hybridized carbons (Fsp3) is 0.217. The topological polar surface area (TPSA) is 63.9 Å². The van der Waals surface area contributed by atoms with Gasteiger partial charge in [0.15, 0.2) is 10.3 Å². The second-order valence-corrected chi connectivity index (χ2v) is 9.08. The molecule has 4 aromatic rings. The zero-order valence-electron chi connectivity index (χ0n) is 17.9. The van der Waals surface area contributed by atoms with Crippen LogP contribution in [0.5, 0.6) is 0 Å². The van der Waals surface area contributed by atoms with E-state index in [4.69, 9.17) is 4.98 Å². The van der Waals surface area contributed by atoms with Gasteiger partial charge in [-0.1, -0.05) is 36.0 Å². The number of hydrogen-bond donors (Lipinski definition) is 0. The predicted molar refractivity (Wildman–Crippen MR) is 127 cm³/mol. The number of para-hydroxylation sites is 1. The number of carbonyl (C=O) groups is 1.